The van der Waals surface area contributed by atoms with Crippen LogP contribution in [0.1, 0.15) is 72.8 Å². The van der Waals surface area contributed by atoms with Gasteiger partial charge in [0, 0.05) is 25.4 Å². The molecule has 38 heavy (non-hydrogen) atoms. The van der Waals surface area contributed by atoms with Crippen LogP contribution in [0.5, 0.6) is 5.75 Å². The van der Waals surface area contributed by atoms with Crippen molar-refractivity contribution >= 4 is 5.97 Å². The summed E-state index contributed by atoms with van der Waals surface area (Å²) in [7, 11) is 0. The number of ether oxygens (including phenoxy) is 1. The van der Waals surface area contributed by atoms with Gasteiger partial charge >= 0.3 is 18.3 Å². The molecule has 3 aliphatic rings. The maximum absolute atomic E-state index is 13.4. The number of hydrogen-bond acceptors (Lipinski definition) is 3. The van der Waals surface area contributed by atoms with Crippen molar-refractivity contribution in [1.29, 1.82) is 0 Å². The average molecular weight is 542 g/mol. The third-order valence-corrected chi connectivity index (χ3v) is 8.27. The van der Waals surface area contributed by atoms with E-state index in [1.54, 1.807) is 6.92 Å². The predicted molar refractivity (Wildman–Crippen MR) is 127 cm³/mol. The summed E-state index contributed by atoms with van der Waals surface area (Å²) >= 11 is 0. The molecule has 2 atom stereocenters. The topological polar surface area (TPSA) is 58.6 Å². The highest BCUT2D eigenvalue weighted by molar-refractivity contribution is 5.71. The number of alkyl halides is 6. The lowest BCUT2D eigenvalue weighted by atomic mass is 9.70. The molecule has 0 bridgehead atoms. The Bertz CT molecular complexity index is 1210. The normalized spacial score (nSPS) is 24.8. The molecule has 0 radical (unpaired) electrons. The Morgan fingerprint density at radius 1 is 1.08 bits per heavy atom. The van der Waals surface area contributed by atoms with Gasteiger partial charge in [-0.25, -0.2) is 0 Å². The lowest BCUT2D eigenvalue weighted by Crippen LogP contribution is -2.58. The number of carbonyl (C=O) groups is 1. The number of hydrogen-bond donors (Lipinski definition) is 2. The second-order valence-electron chi connectivity index (χ2n) is 11.0. The van der Waals surface area contributed by atoms with Crippen LogP contribution in [0.25, 0.3) is 0 Å². The summed E-state index contributed by atoms with van der Waals surface area (Å²) in [6.07, 6.45) is -4.96. The van der Waals surface area contributed by atoms with E-state index in [1.807, 2.05) is 18.2 Å². The molecule has 10 heteroatoms. The number of nitrogens with one attached hydrogen (secondary N) is 1. The van der Waals surface area contributed by atoms with Crippen LogP contribution in [0.3, 0.4) is 0 Å². The van der Waals surface area contributed by atoms with Crippen molar-refractivity contribution < 1.29 is 41.0 Å². The van der Waals surface area contributed by atoms with Gasteiger partial charge in [-0.15, -0.1) is 0 Å². The molecule has 4 nitrogen and oxygen atoms in total. The molecule has 1 heterocycles. The van der Waals surface area contributed by atoms with Crippen LogP contribution in [0.2, 0.25) is 0 Å². The maximum atomic E-state index is 13.4. The van der Waals surface area contributed by atoms with Gasteiger partial charge in [0.15, 0.2) is 0 Å². The van der Waals surface area contributed by atoms with E-state index in [2.05, 4.69) is 5.32 Å². The van der Waals surface area contributed by atoms with E-state index in [-0.39, 0.29) is 18.5 Å². The third-order valence-electron chi connectivity index (χ3n) is 8.27. The molecule has 0 unspecified atom stereocenters. The molecule has 0 saturated heterocycles. The Hall–Kier alpha value is -2.75. The first kappa shape index (κ1) is 26.8. The summed E-state index contributed by atoms with van der Waals surface area (Å²) in [5.74, 6) is -0.392. The number of carboxylic acid groups (broad SMARTS) is 1. The van der Waals surface area contributed by atoms with Crippen LogP contribution in [0.4, 0.5) is 26.3 Å². The molecule has 2 aliphatic carbocycles. The Morgan fingerprint density at radius 3 is 2.39 bits per heavy atom. The highest BCUT2D eigenvalue weighted by Crippen LogP contribution is 2.50. The summed E-state index contributed by atoms with van der Waals surface area (Å²) in [5.41, 5.74) is -1.15. The van der Waals surface area contributed by atoms with Gasteiger partial charge < -0.3 is 15.2 Å². The largest absolute Gasteiger partial charge is 0.487 e. The molecular weight excluding hydrogens is 512 g/mol. The Kier molecular flexibility index (Phi) is 6.69. The van der Waals surface area contributed by atoms with Crippen LogP contribution >= 0.6 is 0 Å². The summed E-state index contributed by atoms with van der Waals surface area (Å²) < 4.78 is 85.9. The second kappa shape index (κ2) is 9.47. The number of halogens is 6. The zero-order valence-corrected chi connectivity index (χ0v) is 20.8. The molecular formula is C28H29F6NO3. The van der Waals surface area contributed by atoms with Gasteiger partial charge in [0.25, 0.3) is 0 Å². The summed E-state index contributed by atoms with van der Waals surface area (Å²) in [6.45, 7) is 1.39. The quantitative estimate of drug-likeness (QED) is 0.373. The number of aliphatic carboxylic acids is 1. The molecule has 2 aromatic carbocycles. The minimum absolute atomic E-state index is 0.0922. The first-order valence-electron chi connectivity index (χ1n) is 12.8. The van der Waals surface area contributed by atoms with E-state index < -0.39 is 46.5 Å². The van der Waals surface area contributed by atoms with Gasteiger partial charge in [-0.05, 0) is 78.5 Å². The number of aryl methyl sites for hydroxylation is 1. The molecule has 5 rings (SSSR count). The van der Waals surface area contributed by atoms with Gasteiger partial charge in [0.05, 0.1) is 17.0 Å². The van der Waals surface area contributed by atoms with Crippen molar-refractivity contribution in [3.8, 4) is 5.75 Å². The molecule has 2 fully saturated rings. The standard InChI is InChI=1S/C28H29F6NO3/c1-15(25(36)37)24(17-3-4-17)18-5-2-16-8-9-26(38-23(16)11-18)12-21(13-26)35-14-19-10-20(27(29,30)31)6-7-22(19)28(32,33)34/h2,5-7,10-11,15,17,21,24,35H,3-4,8-9,12-14H2,1H3,(H,36,37)/t15-,21?,24-,26?/m0/s1. The monoisotopic (exact) mass is 541 g/mol. The first-order chi connectivity index (χ1) is 17.8. The van der Waals surface area contributed by atoms with Crippen molar-refractivity contribution in [3.63, 3.8) is 0 Å². The Balaban J connectivity index is 1.26. The molecule has 0 amide bonds. The van der Waals surface area contributed by atoms with E-state index in [4.69, 9.17) is 4.74 Å². The van der Waals surface area contributed by atoms with Crippen LogP contribution in [-0.4, -0.2) is 22.7 Å². The average Bonchev–Trinajstić information content (AvgIpc) is 3.65. The molecule has 1 spiro atoms. The maximum Gasteiger partial charge on any atom is 0.416 e. The zero-order valence-electron chi connectivity index (χ0n) is 20.8. The number of carboxylic acids is 1. The minimum Gasteiger partial charge on any atom is -0.487 e. The fraction of sp³-hybridized carbons (Fsp3) is 0.536. The summed E-state index contributed by atoms with van der Waals surface area (Å²) in [4.78, 5) is 11.7. The Morgan fingerprint density at radius 2 is 1.79 bits per heavy atom. The van der Waals surface area contributed by atoms with E-state index in [1.165, 1.54) is 0 Å². The zero-order chi connectivity index (χ0) is 27.5. The number of rotatable bonds is 7. The van der Waals surface area contributed by atoms with E-state index in [0.29, 0.717) is 42.7 Å². The SMILES string of the molecule is C[C@H](C(=O)O)[C@H](c1ccc2c(c1)OC1(CC2)CC(NCc2cc(C(F)(F)F)ccc2C(F)(F)F)C1)C1CC1. The Labute approximate surface area is 216 Å². The second-order valence-corrected chi connectivity index (χ2v) is 11.0. The minimum atomic E-state index is -4.76. The van der Waals surface area contributed by atoms with Gasteiger partial charge in [0.2, 0.25) is 0 Å². The predicted octanol–water partition coefficient (Wildman–Crippen LogP) is 6.95. The van der Waals surface area contributed by atoms with Crippen LogP contribution in [0, 0.1) is 11.8 Å². The molecule has 1 aliphatic heterocycles. The van der Waals surface area contributed by atoms with Crippen LogP contribution in [-0.2, 0) is 30.1 Å². The van der Waals surface area contributed by atoms with E-state index >= 15 is 0 Å². The van der Waals surface area contributed by atoms with Gasteiger partial charge in [-0.2, -0.15) is 26.3 Å². The van der Waals surface area contributed by atoms with E-state index in [0.717, 1.165) is 36.8 Å². The van der Waals surface area contributed by atoms with Crippen molar-refractivity contribution in [1.82, 2.24) is 5.32 Å². The van der Waals surface area contributed by atoms with Gasteiger partial charge in [-0.3, -0.25) is 4.79 Å². The highest BCUT2D eigenvalue weighted by atomic mass is 19.4. The number of fused-ring (bicyclic) bond motifs is 1. The first-order valence-corrected chi connectivity index (χ1v) is 12.8. The summed E-state index contributed by atoms with van der Waals surface area (Å²) in [5, 5.41) is 12.6. The van der Waals surface area contributed by atoms with Gasteiger partial charge in [0.1, 0.15) is 11.4 Å². The lowest BCUT2D eigenvalue weighted by Gasteiger charge is -2.50. The summed E-state index contributed by atoms with van der Waals surface area (Å²) in [6, 6.07) is 7.23. The molecule has 206 valence electrons. The van der Waals surface area contributed by atoms with Crippen molar-refractivity contribution in [2.45, 2.75) is 81.9 Å². The fourth-order valence-electron chi connectivity index (χ4n) is 6.02. The van der Waals surface area contributed by atoms with Crippen LogP contribution < -0.4 is 10.1 Å². The number of benzene rings is 2. The molecule has 2 saturated carbocycles. The van der Waals surface area contributed by atoms with Crippen LogP contribution in [0.15, 0.2) is 36.4 Å². The van der Waals surface area contributed by atoms with Crippen molar-refractivity contribution in [2.24, 2.45) is 11.8 Å². The van der Waals surface area contributed by atoms with Crippen molar-refractivity contribution in [2.75, 3.05) is 0 Å². The lowest BCUT2D eigenvalue weighted by molar-refractivity contribution is -0.142. The smallest absolute Gasteiger partial charge is 0.416 e. The van der Waals surface area contributed by atoms with Gasteiger partial charge in [-0.1, -0.05) is 19.1 Å². The molecule has 2 aromatic rings. The third kappa shape index (κ3) is 5.37. The fourth-order valence-corrected chi connectivity index (χ4v) is 6.02. The highest BCUT2D eigenvalue weighted by Gasteiger charge is 2.48. The van der Waals surface area contributed by atoms with E-state index in [9.17, 15) is 36.2 Å². The molecule has 2 N–H and O–H groups in total. The van der Waals surface area contributed by atoms with Crippen molar-refractivity contribution in [3.05, 3.63) is 64.2 Å². The molecule has 0 aromatic heterocycles.